The first-order valence-corrected chi connectivity index (χ1v) is 10.8. The van der Waals surface area contributed by atoms with Gasteiger partial charge in [0.2, 0.25) is 5.13 Å². The summed E-state index contributed by atoms with van der Waals surface area (Å²) < 4.78 is 55.3. The molecule has 144 valence electrons. The van der Waals surface area contributed by atoms with Crippen LogP contribution < -0.4 is 5.73 Å². The number of anilines is 1. The number of nitrogens with zero attached hydrogens (tertiary/aromatic N) is 5. The molecule has 3 aromatic rings. The van der Waals surface area contributed by atoms with Gasteiger partial charge in [-0.05, 0) is 30.1 Å². The largest absolute Gasteiger partial charge is 0.771 e. The van der Waals surface area contributed by atoms with Crippen molar-refractivity contribution in [2.24, 2.45) is 10.2 Å². The zero-order valence-electron chi connectivity index (χ0n) is 13.3. The van der Waals surface area contributed by atoms with E-state index in [2.05, 4.69) is 20.3 Å². The fourth-order valence-electron chi connectivity index (χ4n) is 2.07. The fraction of sp³-hybridized carbons (Fsp3) is 0.167. The molecule has 27 heavy (non-hydrogen) atoms. The van der Waals surface area contributed by atoms with Gasteiger partial charge in [0.1, 0.15) is 16.0 Å². The van der Waals surface area contributed by atoms with E-state index in [0.717, 1.165) is 16.0 Å². The van der Waals surface area contributed by atoms with Gasteiger partial charge in [0, 0.05) is 0 Å². The zero-order valence-corrected chi connectivity index (χ0v) is 16.5. The van der Waals surface area contributed by atoms with Gasteiger partial charge < -0.3 is 10.3 Å². The molecule has 0 fully saturated rings. The van der Waals surface area contributed by atoms with Crippen molar-refractivity contribution in [2.45, 2.75) is 17.2 Å². The van der Waals surface area contributed by atoms with Crippen molar-refractivity contribution in [3.05, 3.63) is 23.4 Å². The third-order valence-corrected chi connectivity index (χ3v) is 6.37. The molecule has 11 nitrogen and oxygen atoms in total. The van der Waals surface area contributed by atoms with E-state index < -0.39 is 31.5 Å². The van der Waals surface area contributed by atoms with Gasteiger partial charge in [0.25, 0.3) is 10.1 Å². The molecule has 0 saturated carbocycles. The smallest absolute Gasteiger partial charge is 0.296 e. The van der Waals surface area contributed by atoms with E-state index in [1.807, 2.05) is 0 Å². The number of fused-ring (bicyclic) bond motifs is 1. The highest BCUT2D eigenvalue weighted by Gasteiger charge is 2.18. The van der Waals surface area contributed by atoms with Gasteiger partial charge >= 0.3 is 0 Å². The molecule has 3 rings (SSSR count). The Morgan fingerprint density at radius 1 is 1.44 bits per heavy atom. The minimum atomic E-state index is -4.47. The van der Waals surface area contributed by atoms with Crippen molar-refractivity contribution >= 4 is 71.0 Å². The molecule has 0 amide bonds. The van der Waals surface area contributed by atoms with E-state index >= 15 is 0 Å². The molecule has 0 aliphatic rings. The number of aromatic nitrogens is 3. The normalized spacial score (nSPS) is 14.8. The van der Waals surface area contributed by atoms with Crippen LogP contribution in [0.1, 0.15) is 12.3 Å². The molecule has 15 heteroatoms. The third-order valence-electron chi connectivity index (χ3n) is 3.39. The Hall–Kier alpha value is -1.97. The molecule has 1 aromatic carbocycles. The predicted molar refractivity (Wildman–Crippen MR) is 98.9 cm³/mol. The number of halogens is 1. The molecule has 2 aromatic heterocycles. The van der Waals surface area contributed by atoms with Gasteiger partial charge in [0.05, 0.1) is 21.4 Å². The van der Waals surface area contributed by atoms with E-state index in [1.165, 1.54) is 25.3 Å². The highest BCUT2D eigenvalue weighted by atomic mass is 35.5. The van der Waals surface area contributed by atoms with Gasteiger partial charge in [-0.1, -0.05) is 22.9 Å². The Morgan fingerprint density at radius 3 is 2.78 bits per heavy atom. The quantitative estimate of drug-likeness (QED) is 0.339. The number of azo groups is 1. The maximum Gasteiger partial charge on any atom is 0.296 e. The van der Waals surface area contributed by atoms with Crippen molar-refractivity contribution in [3.63, 3.8) is 0 Å². The molecule has 3 N–H and O–H groups in total. The number of hydrogen-bond acceptors (Lipinski definition) is 10. The van der Waals surface area contributed by atoms with E-state index in [1.54, 1.807) is 0 Å². The summed E-state index contributed by atoms with van der Waals surface area (Å²) in [5.74, 6) is 0.00765. The summed E-state index contributed by atoms with van der Waals surface area (Å²) in [6.45, 7) is 1.40. The summed E-state index contributed by atoms with van der Waals surface area (Å²) in [6.07, 6.45) is 1.25. The first kappa shape index (κ1) is 19.8. The van der Waals surface area contributed by atoms with E-state index in [9.17, 15) is 17.2 Å². The van der Waals surface area contributed by atoms with Crippen LogP contribution >= 0.6 is 22.9 Å². The standard InChI is InChI=1S/C12H11ClN6O5S3/c1-5(26(20)21)19-11(14)8(4-15-19)17-18-12-16-7-2-6(13)10(27(22,23)24)3-9(7)25-12/h2-5H,14H2,1H3,(H,20,21)(H,22,23,24)/p-1. The van der Waals surface area contributed by atoms with Crippen molar-refractivity contribution in [1.82, 2.24) is 14.8 Å². The van der Waals surface area contributed by atoms with Crippen molar-refractivity contribution in [1.29, 1.82) is 0 Å². The molecule has 0 aliphatic heterocycles. The fourth-order valence-corrected chi connectivity index (χ4v) is 4.30. The molecule has 2 unspecified atom stereocenters. The van der Waals surface area contributed by atoms with Crippen molar-refractivity contribution in [2.75, 3.05) is 5.73 Å². The van der Waals surface area contributed by atoms with E-state index in [-0.39, 0.29) is 21.7 Å². The summed E-state index contributed by atoms with van der Waals surface area (Å²) in [5.41, 5.74) is 6.32. The lowest BCUT2D eigenvalue weighted by Crippen LogP contribution is -2.14. The zero-order chi connectivity index (χ0) is 19.9. The maximum absolute atomic E-state index is 11.3. The maximum atomic E-state index is 11.3. The Kier molecular flexibility index (Phi) is 5.29. The molecule has 0 radical (unpaired) electrons. The molecular weight excluding hydrogens is 440 g/mol. The van der Waals surface area contributed by atoms with Crippen LogP contribution in [0.5, 0.6) is 0 Å². The molecule has 2 atom stereocenters. The lowest BCUT2D eigenvalue weighted by Gasteiger charge is -2.16. The third kappa shape index (κ3) is 3.99. The Morgan fingerprint density at radius 2 is 2.15 bits per heavy atom. The molecular formula is C12H10ClN6O5S3-. The molecule has 0 aliphatic carbocycles. The van der Waals surface area contributed by atoms with Crippen LogP contribution in [-0.4, -0.2) is 36.5 Å². The number of nitrogen functional groups attached to an aromatic ring is 1. The number of rotatable bonds is 5. The average molecular weight is 450 g/mol. The van der Waals surface area contributed by atoms with Gasteiger partial charge in [-0.25, -0.2) is 9.67 Å². The molecule has 0 spiro atoms. The second-order valence-electron chi connectivity index (χ2n) is 5.14. The summed E-state index contributed by atoms with van der Waals surface area (Å²) in [7, 11) is -4.47. The molecule has 0 bridgehead atoms. The lowest BCUT2D eigenvalue weighted by molar-refractivity contribution is 0.483. The predicted octanol–water partition coefficient (Wildman–Crippen LogP) is 2.79. The van der Waals surface area contributed by atoms with Crippen LogP contribution in [0, 0.1) is 0 Å². The first-order valence-electron chi connectivity index (χ1n) is 6.98. The van der Waals surface area contributed by atoms with Gasteiger partial charge in [-0.2, -0.15) is 13.5 Å². The highest BCUT2D eigenvalue weighted by molar-refractivity contribution is 7.86. The van der Waals surface area contributed by atoms with Crippen LogP contribution in [0.4, 0.5) is 16.6 Å². The Balaban J connectivity index is 1.95. The minimum Gasteiger partial charge on any atom is -0.771 e. The number of thiazole rings is 1. The summed E-state index contributed by atoms with van der Waals surface area (Å²) in [6, 6.07) is 2.47. The second kappa shape index (κ2) is 7.21. The van der Waals surface area contributed by atoms with Gasteiger partial charge in [0.15, 0.2) is 5.82 Å². The Bertz CT molecular complexity index is 1190. The second-order valence-corrected chi connectivity index (χ2v) is 9.15. The lowest BCUT2D eigenvalue weighted by atomic mass is 10.3. The van der Waals surface area contributed by atoms with Gasteiger partial charge in [-0.15, -0.1) is 10.2 Å². The van der Waals surface area contributed by atoms with E-state index in [0.29, 0.717) is 10.2 Å². The summed E-state index contributed by atoms with van der Waals surface area (Å²) in [5, 5.41) is 10.7. The highest BCUT2D eigenvalue weighted by Crippen LogP contribution is 2.35. The van der Waals surface area contributed by atoms with Crippen LogP contribution in [0.25, 0.3) is 10.2 Å². The number of nitrogens with two attached hydrogens (primary N) is 1. The SMILES string of the molecule is CC(n1ncc(N=Nc2nc3cc(Cl)c(S(=O)(=O)O)cc3s2)c1N)S(=O)[O-]. The van der Waals surface area contributed by atoms with Crippen LogP contribution in [0.3, 0.4) is 0 Å². The van der Waals surface area contributed by atoms with Crippen LogP contribution in [-0.2, 0) is 21.2 Å². The Labute approximate surface area is 163 Å². The monoisotopic (exact) mass is 449 g/mol. The molecule has 0 saturated heterocycles. The van der Waals surface area contributed by atoms with Gasteiger partial charge in [-0.3, -0.25) is 8.76 Å². The van der Waals surface area contributed by atoms with Crippen molar-refractivity contribution < 1.29 is 21.7 Å². The summed E-state index contributed by atoms with van der Waals surface area (Å²) >= 11 is 4.43. The van der Waals surface area contributed by atoms with Crippen LogP contribution in [0.2, 0.25) is 5.02 Å². The molecule has 2 heterocycles. The average Bonchev–Trinajstić information content (AvgIpc) is 3.13. The number of benzene rings is 1. The van der Waals surface area contributed by atoms with Crippen molar-refractivity contribution in [3.8, 4) is 0 Å². The first-order chi connectivity index (χ1) is 12.6. The van der Waals surface area contributed by atoms with E-state index in [4.69, 9.17) is 21.9 Å². The van der Waals surface area contributed by atoms with Crippen LogP contribution in [0.15, 0.2) is 33.5 Å². The number of hydrogen-bond donors (Lipinski definition) is 2. The summed E-state index contributed by atoms with van der Waals surface area (Å²) in [4.78, 5) is 3.71. The topological polar surface area (TPSA) is 176 Å². The minimum absolute atomic E-state index is 0.00765.